The molecule has 1 rings (SSSR count). The van der Waals surface area contributed by atoms with Gasteiger partial charge in [0.05, 0.1) is 5.60 Å². The Bertz CT molecular complexity index is 210. The topological polar surface area (TPSA) is 41.5 Å². The molecule has 0 saturated heterocycles. The molecule has 0 radical (unpaired) electrons. The first-order valence-electron chi connectivity index (χ1n) is 6.34. The Morgan fingerprint density at radius 3 is 2.50 bits per heavy atom. The minimum Gasteiger partial charge on any atom is -0.389 e. The highest BCUT2D eigenvalue weighted by Gasteiger charge is 2.41. The smallest absolute Gasteiger partial charge is 0.0766 e. The van der Waals surface area contributed by atoms with Gasteiger partial charge in [0.1, 0.15) is 0 Å². The lowest BCUT2D eigenvalue weighted by molar-refractivity contribution is 0.0130. The maximum Gasteiger partial charge on any atom is 0.0766 e. The molecule has 3 nitrogen and oxygen atoms in total. The van der Waals surface area contributed by atoms with Crippen LogP contribution in [0.3, 0.4) is 0 Å². The fourth-order valence-corrected chi connectivity index (χ4v) is 1.80. The molecule has 0 amide bonds. The number of ether oxygens (including phenoxy) is 1. The first-order chi connectivity index (χ1) is 7.42. The highest BCUT2D eigenvalue weighted by Crippen LogP contribution is 2.48. The molecule has 0 aromatic heterocycles. The molecule has 0 aromatic rings. The highest BCUT2D eigenvalue weighted by molar-refractivity contribution is 4.95. The molecular weight excluding hydrogens is 202 g/mol. The third-order valence-corrected chi connectivity index (χ3v) is 4.02. The fraction of sp³-hybridized carbons (Fsp3) is 1.00. The molecule has 1 fully saturated rings. The van der Waals surface area contributed by atoms with Gasteiger partial charge in [0.15, 0.2) is 0 Å². The molecular formula is C13H27NO2. The highest BCUT2D eigenvalue weighted by atomic mass is 16.5. The molecule has 1 atom stereocenters. The van der Waals surface area contributed by atoms with Crippen LogP contribution in [0.25, 0.3) is 0 Å². The lowest BCUT2D eigenvalue weighted by Gasteiger charge is -2.29. The summed E-state index contributed by atoms with van der Waals surface area (Å²) in [5.74, 6) is 0.286. The number of hydrogen-bond acceptors (Lipinski definition) is 3. The summed E-state index contributed by atoms with van der Waals surface area (Å²) in [6, 6.07) is 0. The molecule has 1 unspecified atom stereocenters. The molecule has 16 heavy (non-hydrogen) atoms. The van der Waals surface area contributed by atoms with Crippen LogP contribution in [-0.2, 0) is 4.74 Å². The zero-order chi connectivity index (χ0) is 12.2. The van der Waals surface area contributed by atoms with Crippen LogP contribution in [0.5, 0.6) is 0 Å². The average molecular weight is 229 g/mol. The maximum absolute atomic E-state index is 10.1. The lowest BCUT2D eigenvalue weighted by atomic mass is 9.92. The molecule has 2 N–H and O–H groups in total. The standard InChI is InChI=1S/C13H27NO2/c1-11(2)12(3,15)9-14-10-13(5-6-13)7-8-16-4/h11,14-15H,5-10H2,1-4H3. The Morgan fingerprint density at radius 1 is 1.44 bits per heavy atom. The van der Waals surface area contributed by atoms with Crippen LogP contribution in [0, 0.1) is 11.3 Å². The van der Waals surface area contributed by atoms with Crippen LogP contribution in [0.4, 0.5) is 0 Å². The largest absolute Gasteiger partial charge is 0.389 e. The van der Waals surface area contributed by atoms with Gasteiger partial charge < -0.3 is 15.2 Å². The van der Waals surface area contributed by atoms with E-state index in [1.165, 1.54) is 12.8 Å². The lowest BCUT2D eigenvalue weighted by Crippen LogP contribution is -2.43. The monoisotopic (exact) mass is 229 g/mol. The zero-order valence-corrected chi connectivity index (χ0v) is 11.2. The molecule has 1 aliphatic carbocycles. The van der Waals surface area contributed by atoms with E-state index in [2.05, 4.69) is 19.2 Å². The van der Waals surface area contributed by atoms with Gasteiger partial charge in [-0.15, -0.1) is 0 Å². The van der Waals surface area contributed by atoms with Crippen molar-refractivity contribution in [1.82, 2.24) is 5.32 Å². The summed E-state index contributed by atoms with van der Waals surface area (Å²) in [6.07, 6.45) is 3.74. The molecule has 96 valence electrons. The maximum atomic E-state index is 10.1. The molecule has 0 heterocycles. The predicted molar refractivity (Wildman–Crippen MR) is 66.5 cm³/mol. The van der Waals surface area contributed by atoms with Gasteiger partial charge in [-0.3, -0.25) is 0 Å². The van der Waals surface area contributed by atoms with Crippen molar-refractivity contribution in [1.29, 1.82) is 0 Å². The van der Waals surface area contributed by atoms with E-state index >= 15 is 0 Å². The number of nitrogens with one attached hydrogen (secondary N) is 1. The van der Waals surface area contributed by atoms with Gasteiger partial charge >= 0.3 is 0 Å². The summed E-state index contributed by atoms with van der Waals surface area (Å²) in [5.41, 5.74) is -0.138. The third kappa shape index (κ3) is 4.04. The van der Waals surface area contributed by atoms with Crippen LogP contribution in [0.15, 0.2) is 0 Å². The third-order valence-electron chi connectivity index (χ3n) is 4.02. The van der Waals surface area contributed by atoms with Gasteiger partial charge in [-0.1, -0.05) is 13.8 Å². The van der Waals surface area contributed by atoms with Crippen LogP contribution in [-0.4, -0.2) is 37.5 Å². The second kappa shape index (κ2) is 5.48. The summed E-state index contributed by atoms with van der Waals surface area (Å²) in [4.78, 5) is 0. The van der Waals surface area contributed by atoms with E-state index in [1.54, 1.807) is 7.11 Å². The van der Waals surface area contributed by atoms with Gasteiger partial charge in [0, 0.05) is 26.8 Å². The van der Waals surface area contributed by atoms with Crippen molar-refractivity contribution in [3.63, 3.8) is 0 Å². The molecule has 3 heteroatoms. The van der Waals surface area contributed by atoms with Crippen LogP contribution in [0.1, 0.15) is 40.0 Å². The molecule has 0 spiro atoms. The zero-order valence-electron chi connectivity index (χ0n) is 11.2. The van der Waals surface area contributed by atoms with Gasteiger partial charge in [-0.05, 0) is 37.5 Å². The Kier molecular flexibility index (Phi) is 4.77. The van der Waals surface area contributed by atoms with Gasteiger partial charge in [0.2, 0.25) is 0 Å². The van der Waals surface area contributed by atoms with Crippen molar-refractivity contribution in [2.75, 3.05) is 26.8 Å². The minimum absolute atomic E-state index is 0.286. The predicted octanol–water partition coefficient (Wildman–Crippen LogP) is 1.80. The Labute approximate surface area is 99.6 Å². The molecule has 0 bridgehead atoms. The Hall–Kier alpha value is -0.120. The average Bonchev–Trinajstić information content (AvgIpc) is 2.95. The summed E-state index contributed by atoms with van der Waals surface area (Å²) in [7, 11) is 1.76. The van der Waals surface area contributed by atoms with E-state index < -0.39 is 5.60 Å². The van der Waals surface area contributed by atoms with E-state index in [4.69, 9.17) is 4.74 Å². The molecule has 1 aliphatic rings. The number of aliphatic hydroxyl groups is 1. The van der Waals surface area contributed by atoms with Crippen LogP contribution in [0.2, 0.25) is 0 Å². The summed E-state index contributed by atoms with van der Waals surface area (Å²) in [6.45, 7) is 8.55. The second-order valence-electron chi connectivity index (χ2n) is 5.86. The fourth-order valence-electron chi connectivity index (χ4n) is 1.80. The number of methoxy groups -OCH3 is 1. The van der Waals surface area contributed by atoms with Crippen molar-refractivity contribution in [3.05, 3.63) is 0 Å². The van der Waals surface area contributed by atoms with E-state index in [0.29, 0.717) is 12.0 Å². The molecule has 0 aromatic carbocycles. The first kappa shape index (κ1) is 13.9. The van der Waals surface area contributed by atoms with Crippen LogP contribution < -0.4 is 5.32 Å². The quantitative estimate of drug-likeness (QED) is 0.667. The minimum atomic E-state index is -0.600. The normalized spacial score (nSPS) is 22.1. The van der Waals surface area contributed by atoms with Crippen molar-refractivity contribution in [2.24, 2.45) is 11.3 Å². The Balaban J connectivity index is 2.20. The van der Waals surface area contributed by atoms with Crippen molar-refractivity contribution < 1.29 is 9.84 Å². The van der Waals surface area contributed by atoms with E-state index in [9.17, 15) is 5.11 Å². The summed E-state index contributed by atoms with van der Waals surface area (Å²) >= 11 is 0. The van der Waals surface area contributed by atoms with E-state index in [0.717, 1.165) is 19.6 Å². The molecule has 1 saturated carbocycles. The molecule has 0 aliphatic heterocycles. The van der Waals surface area contributed by atoms with Crippen molar-refractivity contribution in [2.45, 2.75) is 45.6 Å². The van der Waals surface area contributed by atoms with Crippen molar-refractivity contribution >= 4 is 0 Å². The van der Waals surface area contributed by atoms with Crippen LogP contribution >= 0.6 is 0 Å². The Morgan fingerprint density at radius 2 is 2.06 bits per heavy atom. The van der Waals surface area contributed by atoms with E-state index in [1.807, 2.05) is 6.92 Å². The van der Waals surface area contributed by atoms with Gasteiger partial charge in [0.25, 0.3) is 0 Å². The summed E-state index contributed by atoms with van der Waals surface area (Å²) < 4.78 is 5.13. The van der Waals surface area contributed by atoms with E-state index in [-0.39, 0.29) is 5.92 Å². The van der Waals surface area contributed by atoms with Crippen molar-refractivity contribution in [3.8, 4) is 0 Å². The number of hydrogen-bond donors (Lipinski definition) is 2. The summed E-state index contributed by atoms with van der Waals surface area (Å²) in [5, 5.41) is 13.5. The first-order valence-corrected chi connectivity index (χ1v) is 6.34. The SMILES string of the molecule is COCCC1(CNCC(C)(O)C(C)C)CC1. The number of rotatable bonds is 8. The van der Waals surface area contributed by atoms with Gasteiger partial charge in [-0.25, -0.2) is 0 Å². The second-order valence-corrected chi connectivity index (χ2v) is 5.86. The van der Waals surface area contributed by atoms with Gasteiger partial charge in [-0.2, -0.15) is 0 Å².